The van der Waals surface area contributed by atoms with Crippen molar-refractivity contribution in [2.75, 3.05) is 0 Å². The van der Waals surface area contributed by atoms with Gasteiger partial charge in [0.2, 0.25) is 5.95 Å². The quantitative estimate of drug-likeness (QED) is 0.742. The molecule has 0 fully saturated rings. The first-order valence-corrected chi connectivity index (χ1v) is 4.63. The monoisotopic (exact) mass is 208 g/mol. The highest BCUT2D eigenvalue weighted by Gasteiger charge is 2.08. The summed E-state index contributed by atoms with van der Waals surface area (Å²) in [4.78, 5) is 0. The van der Waals surface area contributed by atoms with Gasteiger partial charge >= 0.3 is 0 Å². The van der Waals surface area contributed by atoms with Crippen molar-refractivity contribution in [1.29, 1.82) is 0 Å². The summed E-state index contributed by atoms with van der Waals surface area (Å²) in [5.74, 6) is -0.790. The molecule has 0 N–H and O–H groups in total. The molecule has 0 spiro atoms. The van der Waals surface area contributed by atoms with E-state index in [9.17, 15) is 8.78 Å². The Hall–Kier alpha value is -1.71. The van der Waals surface area contributed by atoms with Gasteiger partial charge in [0.15, 0.2) is 0 Å². The van der Waals surface area contributed by atoms with E-state index in [0.29, 0.717) is 0 Å². The molecule has 2 rings (SSSR count). The second kappa shape index (κ2) is 3.81. The van der Waals surface area contributed by atoms with Crippen molar-refractivity contribution in [1.82, 2.24) is 9.78 Å². The van der Waals surface area contributed by atoms with Gasteiger partial charge in [0.25, 0.3) is 0 Å². The normalized spacial score (nSPS) is 12.7. The summed E-state index contributed by atoms with van der Waals surface area (Å²) in [7, 11) is 0. The lowest BCUT2D eigenvalue weighted by molar-refractivity contribution is 0.498. The average molecular weight is 208 g/mol. The van der Waals surface area contributed by atoms with Gasteiger partial charge in [-0.1, -0.05) is 12.1 Å². The lowest BCUT2D eigenvalue weighted by Crippen LogP contribution is -2.07. The molecule has 0 saturated heterocycles. The molecule has 78 valence electrons. The van der Waals surface area contributed by atoms with Crippen LogP contribution in [0.15, 0.2) is 36.5 Å². The fourth-order valence-corrected chi connectivity index (χ4v) is 1.42. The average Bonchev–Trinajstić information content (AvgIpc) is 2.65. The van der Waals surface area contributed by atoms with Crippen LogP contribution in [-0.2, 0) is 0 Å². The minimum atomic E-state index is -0.510. The van der Waals surface area contributed by atoms with Crippen molar-refractivity contribution in [3.8, 4) is 0 Å². The Kier molecular flexibility index (Phi) is 2.49. The first-order valence-electron chi connectivity index (χ1n) is 4.63. The Morgan fingerprint density at radius 1 is 1.13 bits per heavy atom. The van der Waals surface area contributed by atoms with Gasteiger partial charge in [-0.05, 0) is 24.6 Å². The van der Waals surface area contributed by atoms with E-state index < -0.39 is 5.95 Å². The lowest BCUT2D eigenvalue weighted by atomic mass is 10.1. The molecule has 0 aliphatic heterocycles. The third-order valence-corrected chi connectivity index (χ3v) is 2.33. The molecule has 2 aromatic rings. The summed E-state index contributed by atoms with van der Waals surface area (Å²) < 4.78 is 26.9. The second-order valence-corrected chi connectivity index (χ2v) is 3.35. The second-order valence-electron chi connectivity index (χ2n) is 3.35. The van der Waals surface area contributed by atoms with Gasteiger partial charge in [0, 0.05) is 12.3 Å². The lowest BCUT2D eigenvalue weighted by Gasteiger charge is -2.11. The van der Waals surface area contributed by atoms with Crippen LogP contribution in [0.2, 0.25) is 0 Å². The SMILES string of the molecule is CC(c1ccc(F)cc1)n1ccc(F)n1. The largest absolute Gasteiger partial charge is 0.263 e. The summed E-state index contributed by atoms with van der Waals surface area (Å²) in [6, 6.07) is 7.28. The van der Waals surface area contributed by atoms with Crippen LogP contribution in [0.5, 0.6) is 0 Å². The zero-order chi connectivity index (χ0) is 10.8. The van der Waals surface area contributed by atoms with E-state index in [1.165, 1.54) is 22.9 Å². The van der Waals surface area contributed by atoms with Crippen LogP contribution < -0.4 is 0 Å². The Morgan fingerprint density at radius 3 is 2.33 bits per heavy atom. The highest BCUT2D eigenvalue weighted by atomic mass is 19.1. The van der Waals surface area contributed by atoms with Crippen LogP contribution in [0.25, 0.3) is 0 Å². The molecule has 0 aliphatic carbocycles. The maximum atomic E-state index is 12.7. The van der Waals surface area contributed by atoms with Gasteiger partial charge in [-0.3, -0.25) is 4.68 Å². The van der Waals surface area contributed by atoms with Crippen LogP contribution in [0.4, 0.5) is 8.78 Å². The molecule has 0 saturated carbocycles. The smallest absolute Gasteiger partial charge is 0.232 e. The maximum Gasteiger partial charge on any atom is 0.232 e. The molecule has 1 heterocycles. The standard InChI is InChI=1S/C11H10F2N2/c1-8(15-7-6-11(13)14-15)9-2-4-10(12)5-3-9/h2-8H,1H3. The Bertz CT molecular complexity index is 448. The predicted molar refractivity (Wildman–Crippen MR) is 52.4 cm³/mol. The maximum absolute atomic E-state index is 12.7. The van der Waals surface area contributed by atoms with Gasteiger partial charge in [0.1, 0.15) is 5.82 Å². The number of rotatable bonds is 2. The molecule has 0 aliphatic rings. The van der Waals surface area contributed by atoms with E-state index in [1.54, 1.807) is 18.3 Å². The molecule has 1 unspecified atom stereocenters. The number of hydrogen-bond acceptors (Lipinski definition) is 1. The van der Waals surface area contributed by atoms with Gasteiger partial charge in [0.05, 0.1) is 6.04 Å². The number of halogens is 2. The summed E-state index contributed by atoms with van der Waals surface area (Å²) in [5.41, 5.74) is 0.888. The molecule has 1 atom stereocenters. The van der Waals surface area contributed by atoms with Crippen molar-refractivity contribution < 1.29 is 8.78 Å². The van der Waals surface area contributed by atoms with Crippen molar-refractivity contribution >= 4 is 0 Å². The molecular formula is C11H10F2N2. The molecule has 1 aromatic heterocycles. The van der Waals surface area contributed by atoms with Crippen molar-refractivity contribution in [3.63, 3.8) is 0 Å². The molecule has 1 aromatic carbocycles. The van der Waals surface area contributed by atoms with E-state index in [-0.39, 0.29) is 11.9 Å². The van der Waals surface area contributed by atoms with Gasteiger partial charge in [-0.15, -0.1) is 5.10 Å². The minimum absolute atomic E-state index is 0.102. The Morgan fingerprint density at radius 2 is 1.80 bits per heavy atom. The van der Waals surface area contributed by atoms with Gasteiger partial charge in [-0.2, -0.15) is 4.39 Å². The van der Waals surface area contributed by atoms with E-state index >= 15 is 0 Å². The van der Waals surface area contributed by atoms with Crippen LogP contribution in [0.1, 0.15) is 18.5 Å². The molecular weight excluding hydrogens is 198 g/mol. The topological polar surface area (TPSA) is 17.8 Å². The van der Waals surface area contributed by atoms with Gasteiger partial charge in [-0.25, -0.2) is 4.39 Å². The van der Waals surface area contributed by atoms with E-state index in [1.807, 2.05) is 6.92 Å². The summed E-state index contributed by atoms with van der Waals surface area (Å²) in [6.07, 6.45) is 1.56. The fourth-order valence-electron chi connectivity index (χ4n) is 1.42. The van der Waals surface area contributed by atoms with Crippen LogP contribution in [0, 0.1) is 11.8 Å². The summed E-state index contributed by atoms with van der Waals surface area (Å²) in [5, 5.41) is 3.67. The molecule has 0 bridgehead atoms. The van der Waals surface area contributed by atoms with Crippen LogP contribution >= 0.6 is 0 Å². The third kappa shape index (κ3) is 2.03. The zero-order valence-corrected chi connectivity index (χ0v) is 8.19. The van der Waals surface area contributed by atoms with E-state index in [4.69, 9.17) is 0 Å². The number of benzene rings is 1. The summed E-state index contributed by atoms with van der Waals surface area (Å²) >= 11 is 0. The first kappa shape index (κ1) is 9.83. The van der Waals surface area contributed by atoms with Crippen molar-refractivity contribution in [3.05, 3.63) is 53.9 Å². The predicted octanol–water partition coefficient (Wildman–Crippen LogP) is 2.77. The van der Waals surface area contributed by atoms with Gasteiger partial charge < -0.3 is 0 Å². The molecule has 0 amide bonds. The van der Waals surface area contributed by atoms with Crippen LogP contribution in [0.3, 0.4) is 0 Å². The Labute approximate surface area is 86.2 Å². The highest BCUT2D eigenvalue weighted by molar-refractivity contribution is 5.19. The molecule has 2 nitrogen and oxygen atoms in total. The number of nitrogens with zero attached hydrogens (tertiary/aromatic N) is 2. The number of hydrogen-bond donors (Lipinski definition) is 0. The molecule has 0 radical (unpaired) electrons. The number of aromatic nitrogens is 2. The van der Waals surface area contributed by atoms with Crippen molar-refractivity contribution in [2.24, 2.45) is 0 Å². The van der Waals surface area contributed by atoms with E-state index in [2.05, 4.69) is 5.10 Å². The minimum Gasteiger partial charge on any atom is -0.263 e. The fraction of sp³-hybridized carbons (Fsp3) is 0.182. The third-order valence-electron chi connectivity index (χ3n) is 2.33. The summed E-state index contributed by atoms with van der Waals surface area (Å²) in [6.45, 7) is 1.87. The highest BCUT2D eigenvalue weighted by Crippen LogP contribution is 2.17. The van der Waals surface area contributed by atoms with E-state index in [0.717, 1.165) is 5.56 Å². The Balaban J connectivity index is 2.28. The molecule has 4 heteroatoms. The molecule has 15 heavy (non-hydrogen) atoms. The van der Waals surface area contributed by atoms with Crippen molar-refractivity contribution in [2.45, 2.75) is 13.0 Å². The van der Waals surface area contributed by atoms with Crippen LogP contribution in [-0.4, -0.2) is 9.78 Å². The zero-order valence-electron chi connectivity index (χ0n) is 8.19. The first-order chi connectivity index (χ1) is 7.16.